The SMILES string of the molecule is C=CCOCC(c1ccccc1)[N+](C)(CC#CC)CC=C. The molecule has 0 aliphatic carbocycles. The lowest BCUT2D eigenvalue weighted by Crippen LogP contribution is -2.49. The fraction of sp³-hybridized carbons (Fsp3) is 0.368. The van der Waals surface area contributed by atoms with Gasteiger partial charge in [-0.25, -0.2) is 0 Å². The van der Waals surface area contributed by atoms with Crippen molar-refractivity contribution < 1.29 is 9.22 Å². The summed E-state index contributed by atoms with van der Waals surface area (Å²) in [7, 11) is 2.21. The van der Waals surface area contributed by atoms with Gasteiger partial charge in [0.05, 0.1) is 20.2 Å². The molecule has 0 radical (unpaired) electrons. The van der Waals surface area contributed by atoms with Crippen molar-refractivity contribution in [2.45, 2.75) is 13.0 Å². The lowest BCUT2D eigenvalue weighted by atomic mass is 10.0. The molecule has 0 heterocycles. The summed E-state index contributed by atoms with van der Waals surface area (Å²) < 4.78 is 6.53. The van der Waals surface area contributed by atoms with Crippen LogP contribution >= 0.6 is 0 Å². The maximum Gasteiger partial charge on any atom is 0.141 e. The zero-order valence-electron chi connectivity index (χ0n) is 13.2. The minimum Gasteiger partial charge on any atom is -0.371 e. The van der Waals surface area contributed by atoms with E-state index in [-0.39, 0.29) is 6.04 Å². The zero-order valence-corrected chi connectivity index (χ0v) is 13.2. The highest BCUT2D eigenvalue weighted by Gasteiger charge is 2.32. The van der Waals surface area contributed by atoms with Gasteiger partial charge in [-0.1, -0.05) is 43.0 Å². The van der Waals surface area contributed by atoms with Crippen molar-refractivity contribution in [3.63, 3.8) is 0 Å². The van der Waals surface area contributed by atoms with Crippen molar-refractivity contribution in [2.24, 2.45) is 0 Å². The van der Waals surface area contributed by atoms with Gasteiger partial charge in [0.2, 0.25) is 0 Å². The molecule has 0 saturated carbocycles. The van der Waals surface area contributed by atoms with Gasteiger partial charge in [-0.15, -0.1) is 12.5 Å². The molecular formula is C19H26NO+. The minimum absolute atomic E-state index is 0.227. The van der Waals surface area contributed by atoms with E-state index in [0.29, 0.717) is 13.2 Å². The highest BCUT2D eigenvalue weighted by molar-refractivity contribution is 5.18. The van der Waals surface area contributed by atoms with Crippen molar-refractivity contribution in [3.05, 3.63) is 61.2 Å². The molecule has 0 aliphatic rings. The molecule has 2 nitrogen and oxygen atoms in total. The van der Waals surface area contributed by atoms with Crippen LogP contribution in [-0.4, -0.2) is 37.8 Å². The summed E-state index contributed by atoms with van der Waals surface area (Å²) in [6.07, 6.45) is 3.74. The molecule has 0 bridgehead atoms. The lowest BCUT2D eigenvalue weighted by molar-refractivity contribution is -0.928. The van der Waals surface area contributed by atoms with E-state index in [4.69, 9.17) is 4.74 Å². The molecule has 2 unspecified atom stereocenters. The topological polar surface area (TPSA) is 9.23 Å². The molecule has 1 rings (SSSR count). The summed E-state index contributed by atoms with van der Waals surface area (Å²) in [5.41, 5.74) is 1.27. The number of benzene rings is 1. The predicted molar refractivity (Wildman–Crippen MR) is 89.8 cm³/mol. The number of hydrogen-bond acceptors (Lipinski definition) is 1. The Labute approximate surface area is 129 Å². The van der Waals surface area contributed by atoms with Crippen LogP contribution in [0.5, 0.6) is 0 Å². The van der Waals surface area contributed by atoms with Crippen LogP contribution in [0.4, 0.5) is 0 Å². The van der Waals surface area contributed by atoms with Crippen molar-refractivity contribution in [3.8, 4) is 11.8 Å². The molecule has 0 fully saturated rings. The third-order valence-electron chi connectivity index (χ3n) is 3.61. The van der Waals surface area contributed by atoms with Gasteiger partial charge in [0.25, 0.3) is 0 Å². The second-order valence-electron chi connectivity index (χ2n) is 5.29. The molecule has 2 heteroatoms. The first-order valence-electron chi connectivity index (χ1n) is 7.26. The Morgan fingerprint density at radius 2 is 1.95 bits per heavy atom. The standard InChI is InChI=1S/C19H26NO/c1-5-8-15-20(4,14-6-2)19(17-21-16-7-3)18-12-10-9-11-13-18/h6-7,9-13,19H,2-3,14-17H2,1,4H3/q+1. The van der Waals surface area contributed by atoms with E-state index in [1.165, 1.54) is 5.56 Å². The van der Waals surface area contributed by atoms with E-state index < -0.39 is 0 Å². The van der Waals surface area contributed by atoms with Gasteiger partial charge in [0.15, 0.2) is 0 Å². The third-order valence-corrected chi connectivity index (χ3v) is 3.61. The second kappa shape index (κ2) is 9.18. The van der Waals surface area contributed by atoms with Gasteiger partial charge in [-0.05, 0) is 18.9 Å². The fourth-order valence-electron chi connectivity index (χ4n) is 2.43. The predicted octanol–water partition coefficient (Wildman–Crippen LogP) is 3.59. The Hall–Kier alpha value is -1.82. The van der Waals surface area contributed by atoms with Gasteiger partial charge in [0.1, 0.15) is 19.2 Å². The molecule has 0 saturated heterocycles. The first kappa shape index (κ1) is 17.2. The van der Waals surface area contributed by atoms with Crippen LogP contribution in [0, 0.1) is 11.8 Å². The Balaban J connectivity index is 3.07. The van der Waals surface area contributed by atoms with E-state index >= 15 is 0 Å². The molecule has 2 atom stereocenters. The van der Waals surface area contributed by atoms with Crippen LogP contribution in [-0.2, 0) is 4.74 Å². The summed E-state index contributed by atoms with van der Waals surface area (Å²) >= 11 is 0. The molecule has 0 aromatic heterocycles. The van der Waals surface area contributed by atoms with Gasteiger partial charge in [-0.2, -0.15) is 0 Å². The molecule has 112 valence electrons. The maximum absolute atomic E-state index is 5.76. The van der Waals surface area contributed by atoms with Crippen LogP contribution in [0.1, 0.15) is 18.5 Å². The summed E-state index contributed by atoms with van der Waals surface area (Å²) in [6, 6.07) is 10.7. The molecule has 21 heavy (non-hydrogen) atoms. The number of quaternary nitrogens is 1. The highest BCUT2D eigenvalue weighted by Crippen LogP contribution is 2.27. The Morgan fingerprint density at radius 3 is 2.52 bits per heavy atom. The Bertz CT molecular complexity index is 497. The average molecular weight is 284 g/mol. The zero-order chi connectivity index (χ0) is 15.6. The van der Waals surface area contributed by atoms with Crippen LogP contribution in [0.3, 0.4) is 0 Å². The van der Waals surface area contributed by atoms with E-state index in [1.807, 2.05) is 19.1 Å². The number of rotatable bonds is 9. The number of hydrogen-bond donors (Lipinski definition) is 0. The van der Waals surface area contributed by atoms with Gasteiger partial charge >= 0.3 is 0 Å². The largest absolute Gasteiger partial charge is 0.371 e. The van der Waals surface area contributed by atoms with Crippen molar-refractivity contribution in [1.82, 2.24) is 0 Å². The Kier molecular flexibility index (Phi) is 7.53. The van der Waals surface area contributed by atoms with Crippen LogP contribution < -0.4 is 0 Å². The Morgan fingerprint density at radius 1 is 1.24 bits per heavy atom. The number of ether oxygens (including phenoxy) is 1. The lowest BCUT2D eigenvalue weighted by Gasteiger charge is -2.39. The summed E-state index contributed by atoms with van der Waals surface area (Å²) in [4.78, 5) is 0. The number of likely N-dealkylation sites (N-methyl/N-ethyl adjacent to an activating group) is 1. The summed E-state index contributed by atoms with van der Waals surface area (Å²) in [5.74, 6) is 6.21. The molecule has 1 aromatic carbocycles. The van der Waals surface area contributed by atoms with Gasteiger partial charge in [0, 0.05) is 5.56 Å². The van der Waals surface area contributed by atoms with Crippen molar-refractivity contribution in [2.75, 3.05) is 33.4 Å². The second-order valence-corrected chi connectivity index (χ2v) is 5.29. The van der Waals surface area contributed by atoms with E-state index in [1.54, 1.807) is 6.08 Å². The van der Waals surface area contributed by atoms with E-state index in [2.05, 4.69) is 56.3 Å². The van der Waals surface area contributed by atoms with Crippen LogP contribution in [0.25, 0.3) is 0 Å². The van der Waals surface area contributed by atoms with Crippen molar-refractivity contribution in [1.29, 1.82) is 0 Å². The first-order valence-corrected chi connectivity index (χ1v) is 7.26. The average Bonchev–Trinajstić information content (AvgIpc) is 2.51. The third kappa shape index (κ3) is 5.23. The smallest absolute Gasteiger partial charge is 0.141 e. The maximum atomic E-state index is 5.76. The molecule has 0 spiro atoms. The molecule has 0 amide bonds. The monoisotopic (exact) mass is 284 g/mol. The van der Waals surface area contributed by atoms with Crippen LogP contribution in [0.2, 0.25) is 0 Å². The van der Waals surface area contributed by atoms with Crippen molar-refractivity contribution >= 4 is 0 Å². The highest BCUT2D eigenvalue weighted by atomic mass is 16.5. The fourth-order valence-corrected chi connectivity index (χ4v) is 2.43. The normalized spacial score (nSPS) is 14.4. The molecule has 0 aliphatic heterocycles. The summed E-state index contributed by atoms with van der Waals surface area (Å²) in [6.45, 7) is 12.3. The van der Waals surface area contributed by atoms with Gasteiger partial charge in [-0.3, -0.25) is 0 Å². The van der Waals surface area contributed by atoms with Crippen LogP contribution in [0.15, 0.2) is 55.6 Å². The van der Waals surface area contributed by atoms with E-state index in [9.17, 15) is 0 Å². The van der Waals surface area contributed by atoms with Gasteiger partial charge < -0.3 is 9.22 Å². The quantitative estimate of drug-likeness (QED) is 0.291. The first-order chi connectivity index (χ1) is 10.2. The van der Waals surface area contributed by atoms with E-state index in [0.717, 1.165) is 17.6 Å². The number of nitrogens with zero attached hydrogens (tertiary/aromatic N) is 1. The summed E-state index contributed by atoms with van der Waals surface area (Å²) in [5, 5.41) is 0. The molecule has 0 N–H and O–H groups in total. The molecule has 1 aromatic rings. The minimum atomic E-state index is 0.227. The molecular weight excluding hydrogens is 258 g/mol.